The summed E-state index contributed by atoms with van der Waals surface area (Å²) in [6, 6.07) is 14.9. The molecule has 1 fully saturated rings. The number of carbonyl (C=O) groups is 1. The van der Waals surface area contributed by atoms with E-state index >= 15 is 0 Å². The minimum atomic E-state index is -0.308. The number of benzene rings is 2. The molecule has 0 bridgehead atoms. The van der Waals surface area contributed by atoms with E-state index in [0.717, 1.165) is 42.3 Å². The fourth-order valence-corrected chi connectivity index (χ4v) is 4.77. The lowest BCUT2D eigenvalue weighted by atomic mass is 10.0. The average Bonchev–Trinajstić information content (AvgIpc) is 3.25. The number of aryl methyl sites for hydroxylation is 1. The summed E-state index contributed by atoms with van der Waals surface area (Å²) in [7, 11) is 0. The van der Waals surface area contributed by atoms with Gasteiger partial charge in [0.1, 0.15) is 5.82 Å². The third-order valence-electron chi connectivity index (χ3n) is 5.95. The van der Waals surface area contributed by atoms with Crippen LogP contribution in [0.25, 0.3) is 0 Å². The Kier molecular flexibility index (Phi) is 7.17. The van der Waals surface area contributed by atoms with Gasteiger partial charge in [0.15, 0.2) is 0 Å². The number of nitrogens with one attached hydrogen (secondary N) is 2. The number of hydrogen-bond acceptors (Lipinski definition) is 5. The standard InChI is InChI=1S/C25H29FN4OS/c1-17(24-16-32-18(2)29-24)28-21-11-13-30(14-12-21)22-9-7-19(8-10-22)25(31)27-15-20-5-3-4-6-23(20)26/h3-10,16-17,21,28H,11-15H2,1-2H3,(H,27,31). The Morgan fingerprint density at radius 3 is 2.56 bits per heavy atom. The Labute approximate surface area is 192 Å². The predicted molar refractivity (Wildman–Crippen MR) is 128 cm³/mol. The molecule has 5 nitrogen and oxygen atoms in total. The van der Waals surface area contributed by atoms with Gasteiger partial charge in [0, 0.05) is 53.9 Å². The monoisotopic (exact) mass is 452 g/mol. The minimum absolute atomic E-state index is 0.173. The molecule has 0 aliphatic carbocycles. The highest BCUT2D eigenvalue weighted by molar-refractivity contribution is 7.09. The normalized spacial score (nSPS) is 15.5. The van der Waals surface area contributed by atoms with Crippen LogP contribution in [0.4, 0.5) is 10.1 Å². The number of nitrogens with zero attached hydrogens (tertiary/aromatic N) is 2. The van der Waals surface area contributed by atoms with Crippen LogP contribution in [-0.4, -0.2) is 30.0 Å². The molecule has 32 heavy (non-hydrogen) atoms. The number of anilines is 1. The van der Waals surface area contributed by atoms with Crippen molar-refractivity contribution in [3.63, 3.8) is 0 Å². The fraction of sp³-hybridized carbons (Fsp3) is 0.360. The summed E-state index contributed by atoms with van der Waals surface area (Å²) >= 11 is 1.69. The zero-order valence-electron chi connectivity index (χ0n) is 18.5. The van der Waals surface area contributed by atoms with Gasteiger partial charge in [-0.2, -0.15) is 0 Å². The van der Waals surface area contributed by atoms with Crippen molar-refractivity contribution < 1.29 is 9.18 Å². The second-order valence-corrected chi connectivity index (χ2v) is 9.32. The second-order valence-electron chi connectivity index (χ2n) is 8.26. The predicted octanol–water partition coefficient (Wildman–Crippen LogP) is 4.84. The van der Waals surface area contributed by atoms with Gasteiger partial charge < -0.3 is 15.5 Å². The van der Waals surface area contributed by atoms with Gasteiger partial charge in [-0.05, 0) is 57.0 Å². The van der Waals surface area contributed by atoms with Crippen LogP contribution < -0.4 is 15.5 Å². The van der Waals surface area contributed by atoms with Crippen molar-refractivity contribution in [1.29, 1.82) is 0 Å². The number of halogens is 1. The number of aromatic nitrogens is 1. The van der Waals surface area contributed by atoms with E-state index in [2.05, 4.69) is 32.8 Å². The largest absolute Gasteiger partial charge is 0.371 e. The van der Waals surface area contributed by atoms with Crippen LogP contribution in [0.3, 0.4) is 0 Å². The Morgan fingerprint density at radius 1 is 1.19 bits per heavy atom. The summed E-state index contributed by atoms with van der Waals surface area (Å²) in [6.45, 7) is 6.33. The van der Waals surface area contributed by atoms with E-state index in [-0.39, 0.29) is 24.3 Å². The molecule has 1 aromatic heterocycles. The fourth-order valence-electron chi connectivity index (χ4n) is 4.07. The van der Waals surface area contributed by atoms with Gasteiger partial charge in [-0.15, -0.1) is 11.3 Å². The van der Waals surface area contributed by atoms with E-state index in [4.69, 9.17) is 0 Å². The number of rotatable bonds is 7. The molecule has 0 spiro atoms. The molecular weight excluding hydrogens is 423 g/mol. The van der Waals surface area contributed by atoms with Crippen LogP contribution in [0, 0.1) is 12.7 Å². The van der Waals surface area contributed by atoms with Crippen molar-refractivity contribution in [3.8, 4) is 0 Å². The summed E-state index contributed by atoms with van der Waals surface area (Å²) < 4.78 is 13.7. The maximum Gasteiger partial charge on any atom is 0.251 e. The maximum absolute atomic E-state index is 13.7. The number of hydrogen-bond donors (Lipinski definition) is 2. The smallest absolute Gasteiger partial charge is 0.251 e. The van der Waals surface area contributed by atoms with Gasteiger partial charge in [0.2, 0.25) is 0 Å². The van der Waals surface area contributed by atoms with Crippen LogP contribution in [0.15, 0.2) is 53.9 Å². The molecular formula is C25H29FN4OS. The van der Waals surface area contributed by atoms with E-state index < -0.39 is 0 Å². The number of thiazole rings is 1. The van der Waals surface area contributed by atoms with Gasteiger partial charge in [0.05, 0.1) is 10.7 Å². The molecule has 1 amide bonds. The van der Waals surface area contributed by atoms with Crippen LogP contribution in [0.1, 0.15) is 52.4 Å². The van der Waals surface area contributed by atoms with Crippen LogP contribution in [0.5, 0.6) is 0 Å². The van der Waals surface area contributed by atoms with E-state index in [9.17, 15) is 9.18 Å². The molecule has 2 N–H and O–H groups in total. The molecule has 2 heterocycles. The van der Waals surface area contributed by atoms with Crippen molar-refractivity contribution in [2.75, 3.05) is 18.0 Å². The SMILES string of the molecule is Cc1nc(C(C)NC2CCN(c3ccc(C(=O)NCc4ccccc4F)cc3)CC2)cs1. The molecule has 2 aromatic carbocycles. The lowest BCUT2D eigenvalue weighted by molar-refractivity contribution is 0.0950. The summed E-state index contributed by atoms with van der Waals surface area (Å²) in [4.78, 5) is 19.4. The third kappa shape index (κ3) is 5.53. The number of carbonyl (C=O) groups excluding carboxylic acids is 1. The molecule has 7 heteroatoms. The highest BCUT2D eigenvalue weighted by Crippen LogP contribution is 2.23. The topological polar surface area (TPSA) is 57.3 Å². The van der Waals surface area contributed by atoms with Gasteiger partial charge in [-0.1, -0.05) is 18.2 Å². The molecule has 168 valence electrons. The molecule has 1 aliphatic rings. The first kappa shape index (κ1) is 22.4. The van der Waals surface area contributed by atoms with Crippen molar-refractivity contribution in [3.05, 3.63) is 81.6 Å². The molecule has 0 radical (unpaired) electrons. The highest BCUT2D eigenvalue weighted by atomic mass is 32.1. The number of amides is 1. The van der Waals surface area contributed by atoms with E-state index in [1.807, 2.05) is 31.2 Å². The van der Waals surface area contributed by atoms with Crippen LogP contribution in [-0.2, 0) is 6.54 Å². The Morgan fingerprint density at radius 2 is 1.91 bits per heavy atom. The molecule has 0 saturated carbocycles. The molecule has 1 saturated heterocycles. The van der Waals surface area contributed by atoms with Crippen LogP contribution >= 0.6 is 11.3 Å². The van der Waals surface area contributed by atoms with E-state index in [1.165, 1.54) is 6.07 Å². The first-order valence-corrected chi connectivity index (χ1v) is 11.9. The molecule has 3 aromatic rings. The van der Waals surface area contributed by atoms with Gasteiger partial charge in [0.25, 0.3) is 5.91 Å². The zero-order valence-corrected chi connectivity index (χ0v) is 19.3. The summed E-state index contributed by atoms with van der Waals surface area (Å²) in [6.07, 6.45) is 2.14. The summed E-state index contributed by atoms with van der Waals surface area (Å²) in [5, 5.41) is 9.74. The second kappa shape index (κ2) is 10.2. The first-order valence-electron chi connectivity index (χ1n) is 11.0. The van der Waals surface area contributed by atoms with Gasteiger partial charge in [-0.25, -0.2) is 9.37 Å². The number of piperidine rings is 1. The van der Waals surface area contributed by atoms with Crippen molar-refractivity contribution in [1.82, 2.24) is 15.6 Å². The van der Waals surface area contributed by atoms with Crippen molar-refractivity contribution >= 4 is 22.9 Å². The quantitative estimate of drug-likeness (QED) is 0.539. The van der Waals surface area contributed by atoms with Crippen molar-refractivity contribution in [2.24, 2.45) is 0 Å². The van der Waals surface area contributed by atoms with E-state index in [0.29, 0.717) is 17.2 Å². The maximum atomic E-state index is 13.7. The van der Waals surface area contributed by atoms with Gasteiger partial charge in [-0.3, -0.25) is 4.79 Å². The Bertz CT molecular complexity index is 1040. The highest BCUT2D eigenvalue weighted by Gasteiger charge is 2.22. The Balaban J connectivity index is 1.26. The minimum Gasteiger partial charge on any atom is -0.371 e. The summed E-state index contributed by atoms with van der Waals surface area (Å²) in [5.41, 5.74) is 3.30. The lowest BCUT2D eigenvalue weighted by Gasteiger charge is -2.35. The summed E-state index contributed by atoms with van der Waals surface area (Å²) in [5.74, 6) is -0.508. The molecule has 1 aliphatic heterocycles. The van der Waals surface area contributed by atoms with Crippen LogP contribution in [0.2, 0.25) is 0 Å². The molecule has 1 unspecified atom stereocenters. The third-order valence-corrected chi connectivity index (χ3v) is 6.74. The van der Waals surface area contributed by atoms with Gasteiger partial charge >= 0.3 is 0 Å². The average molecular weight is 453 g/mol. The van der Waals surface area contributed by atoms with E-state index in [1.54, 1.807) is 29.5 Å². The Hall–Kier alpha value is -2.77. The lowest BCUT2D eigenvalue weighted by Crippen LogP contribution is -2.43. The van der Waals surface area contributed by atoms with Crippen molar-refractivity contribution in [2.45, 2.75) is 45.3 Å². The first-order chi connectivity index (χ1) is 15.5. The zero-order chi connectivity index (χ0) is 22.5. The molecule has 4 rings (SSSR count). The molecule has 1 atom stereocenters.